The lowest BCUT2D eigenvalue weighted by molar-refractivity contribution is -0.116. The Labute approximate surface area is 130 Å². The molecule has 2 unspecified atom stereocenters. The van der Waals surface area contributed by atoms with E-state index in [9.17, 15) is 14.7 Å². The van der Waals surface area contributed by atoms with E-state index in [2.05, 4.69) is 17.2 Å². The standard InChI is InChI=1S/C17H22N2O3/c1-2-16(21)18-11-12-7-9-13(10-8-12)17(22)19-14-5-3-4-6-15(14)20/h2,7-10,14-15,20H,1,3-6,11H2,(H,18,21)(H,19,22). The van der Waals surface area contributed by atoms with Crippen LogP contribution >= 0.6 is 0 Å². The maximum Gasteiger partial charge on any atom is 0.251 e. The first kappa shape index (κ1) is 16.2. The van der Waals surface area contributed by atoms with Crippen molar-refractivity contribution in [1.82, 2.24) is 10.6 Å². The van der Waals surface area contributed by atoms with Gasteiger partial charge in [0.1, 0.15) is 0 Å². The van der Waals surface area contributed by atoms with E-state index in [1.54, 1.807) is 24.3 Å². The zero-order valence-corrected chi connectivity index (χ0v) is 12.5. The summed E-state index contributed by atoms with van der Waals surface area (Å²) in [5.41, 5.74) is 1.46. The van der Waals surface area contributed by atoms with E-state index < -0.39 is 6.10 Å². The third-order valence-corrected chi connectivity index (χ3v) is 3.91. The molecule has 118 valence electrons. The van der Waals surface area contributed by atoms with Gasteiger partial charge in [-0.05, 0) is 36.6 Å². The number of aliphatic hydroxyl groups is 1. The van der Waals surface area contributed by atoms with Gasteiger partial charge < -0.3 is 15.7 Å². The molecule has 1 aliphatic rings. The summed E-state index contributed by atoms with van der Waals surface area (Å²) in [6, 6.07) is 6.89. The average Bonchev–Trinajstić information content (AvgIpc) is 2.55. The summed E-state index contributed by atoms with van der Waals surface area (Å²) < 4.78 is 0. The summed E-state index contributed by atoms with van der Waals surface area (Å²) in [6.07, 6.45) is 4.37. The maximum absolute atomic E-state index is 12.2. The fraction of sp³-hybridized carbons (Fsp3) is 0.412. The summed E-state index contributed by atoms with van der Waals surface area (Å²) in [7, 11) is 0. The number of carbonyl (C=O) groups is 2. The summed E-state index contributed by atoms with van der Waals surface area (Å²) in [5, 5.41) is 15.5. The topological polar surface area (TPSA) is 78.4 Å². The number of hydrogen-bond acceptors (Lipinski definition) is 3. The van der Waals surface area contributed by atoms with Gasteiger partial charge in [-0.15, -0.1) is 0 Å². The van der Waals surface area contributed by atoms with E-state index in [0.29, 0.717) is 12.1 Å². The highest BCUT2D eigenvalue weighted by molar-refractivity contribution is 5.94. The van der Waals surface area contributed by atoms with E-state index in [-0.39, 0.29) is 17.9 Å². The largest absolute Gasteiger partial charge is 0.391 e. The Balaban J connectivity index is 1.90. The highest BCUT2D eigenvalue weighted by Gasteiger charge is 2.24. The SMILES string of the molecule is C=CC(=O)NCc1ccc(C(=O)NC2CCCCC2O)cc1. The summed E-state index contributed by atoms with van der Waals surface area (Å²) in [4.78, 5) is 23.3. The van der Waals surface area contributed by atoms with Gasteiger partial charge in [0, 0.05) is 12.1 Å². The fourth-order valence-corrected chi connectivity index (χ4v) is 2.57. The first-order chi connectivity index (χ1) is 10.6. The third kappa shape index (κ3) is 4.43. The number of benzene rings is 1. The van der Waals surface area contributed by atoms with Crippen molar-refractivity contribution in [2.24, 2.45) is 0 Å². The number of carbonyl (C=O) groups excluding carboxylic acids is 2. The van der Waals surface area contributed by atoms with E-state index in [1.807, 2.05) is 0 Å². The fourth-order valence-electron chi connectivity index (χ4n) is 2.57. The molecule has 0 aromatic heterocycles. The van der Waals surface area contributed by atoms with Gasteiger partial charge in [0.05, 0.1) is 12.1 Å². The van der Waals surface area contributed by atoms with Gasteiger partial charge in [-0.25, -0.2) is 0 Å². The Morgan fingerprint density at radius 2 is 1.91 bits per heavy atom. The summed E-state index contributed by atoms with van der Waals surface area (Å²) in [5.74, 6) is -0.402. The van der Waals surface area contributed by atoms with Gasteiger partial charge in [0.2, 0.25) is 5.91 Å². The lowest BCUT2D eigenvalue weighted by Gasteiger charge is -2.28. The van der Waals surface area contributed by atoms with E-state index >= 15 is 0 Å². The van der Waals surface area contributed by atoms with Gasteiger partial charge in [0.25, 0.3) is 5.91 Å². The Kier molecular flexibility index (Phi) is 5.72. The van der Waals surface area contributed by atoms with Gasteiger partial charge in [0.15, 0.2) is 0 Å². The first-order valence-electron chi connectivity index (χ1n) is 7.58. The maximum atomic E-state index is 12.2. The lowest BCUT2D eigenvalue weighted by Crippen LogP contribution is -2.45. The molecule has 1 saturated carbocycles. The van der Waals surface area contributed by atoms with Crippen LogP contribution in [0.3, 0.4) is 0 Å². The molecular weight excluding hydrogens is 280 g/mol. The molecule has 1 aliphatic carbocycles. The van der Waals surface area contributed by atoms with Crippen molar-refractivity contribution in [3.8, 4) is 0 Å². The molecule has 0 bridgehead atoms. The molecule has 5 nitrogen and oxygen atoms in total. The minimum atomic E-state index is -0.453. The smallest absolute Gasteiger partial charge is 0.251 e. The second-order valence-electron chi connectivity index (χ2n) is 5.55. The normalized spacial score (nSPS) is 21.0. The molecule has 0 radical (unpaired) electrons. The minimum Gasteiger partial charge on any atom is -0.391 e. The van der Waals surface area contributed by atoms with Crippen LogP contribution in [0.25, 0.3) is 0 Å². The van der Waals surface area contributed by atoms with E-state index in [0.717, 1.165) is 31.2 Å². The average molecular weight is 302 g/mol. The van der Waals surface area contributed by atoms with Crippen LogP contribution in [0.5, 0.6) is 0 Å². The lowest BCUT2D eigenvalue weighted by atomic mass is 9.92. The van der Waals surface area contributed by atoms with E-state index in [4.69, 9.17) is 0 Å². The second kappa shape index (κ2) is 7.75. The molecule has 1 fully saturated rings. The highest BCUT2D eigenvalue weighted by atomic mass is 16.3. The first-order valence-corrected chi connectivity index (χ1v) is 7.58. The Bertz CT molecular complexity index is 539. The van der Waals surface area contributed by atoms with Crippen molar-refractivity contribution in [1.29, 1.82) is 0 Å². The van der Waals surface area contributed by atoms with Crippen LogP contribution in [0.1, 0.15) is 41.6 Å². The van der Waals surface area contributed by atoms with Gasteiger partial charge in [-0.2, -0.15) is 0 Å². The minimum absolute atomic E-state index is 0.159. The summed E-state index contributed by atoms with van der Waals surface area (Å²) in [6.45, 7) is 3.78. The number of nitrogens with one attached hydrogen (secondary N) is 2. The molecule has 2 amide bonds. The monoisotopic (exact) mass is 302 g/mol. The molecule has 3 N–H and O–H groups in total. The Morgan fingerprint density at radius 3 is 2.55 bits per heavy atom. The number of aliphatic hydroxyl groups excluding tert-OH is 1. The van der Waals surface area contributed by atoms with Crippen LogP contribution < -0.4 is 10.6 Å². The molecule has 0 spiro atoms. The molecular formula is C17H22N2O3. The molecule has 0 saturated heterocycles. The van der Waals surface area contributed by atoms with Crippen LogP contribution in [0.4, 0.5) is 0 Å². The van der Waals surface area contributed by atoms with Gasteiger partial charge >= 0.3 is 0 Å². The molecule has 2 rings (SSSR count). The van der Waals surface area contributed by atoms with Crippen molar-refractivity contribution in [2.75, 3.05) is 0 Å². The predicted octanol–water partition coefficient (Wildman–Crippen LogP) is 1.52. The molecule has 22 heavy (non-hydrogen) atoms. The van der Waals surface area contributed by atoms with Crippen LogP contribution in [0, 0.1) is 0 Å². The number of hydrogen-bond donors (Lipinski definition) is 3. The van der Waals surface area contributed by atoms with Crippen LogP contribution in [-0.2, 0) is 11.3 Å². The number of amides is 2. The molecule has 0 heterocycles. The highest BCUT2D eigenvalue weighted by Crippen LogP contribution is 2.18. The van der Waals surface area contributed by atoms with E-state index in [1.165, 1.54) is 6.08 Å². The predicted molar refractivity (Wildman–Crippen MR) is 84.2 cm³/mol. The van der Waals surface area contributed by atoms with Crippen molar-refractivity contribution < 1.29 is 14.7 Å². The second-order valence-corrected chi connectivity index (χ2v) is 5.55. The zero-order valence-electron chi connectivity index (χ0n) is 12.5. The molecule has 1 aromatic rings. The van der Waals surface area contributed by atoms with Crippen LogP contribution in [-0.4, -0.2) is 29.1 Å². The van der Waals surface area contributed by atoms with Gasteiger partial charge in [-0.3, -0.25) is 9.59 Å². The van der Waals surface area contributed by atoms with Crippen molar-refractivity contribution in [2.45, 2.75) is 44.4 Å². The van der Waals surface area contributed by atoms with Crippen molar-refractivity contribution in [3.63, 3.8) is 0 Å². The number of rotatable bonds is 5. The summed E-state index contributed by atoms with van der Waals surface area (Å²) >= 11 is 0. The quantitative estimate of drug-likeness (QED) is 0.722. The van der Waals surface area contributed by atoms with Crippen LogP contribution in [0.15, 0.2) is 36.9 Å². The molecule has 1 aromatic carbocycles. The van der Waals surface area contributed by atoms with Crippen molar-refractivity contribution >= 4 is 11.8 Å². The third-order valence-electron chi connectivity index (χ3n) is 3.91. The van der Waals surface area contributed by atoms with Gasteiger partial charge in [-0.1, -0.05) is 31.6 Å². The van der Waals surface area contributed by atoms with Crippen LogP contribution in [0.2, 0.25) is 0 Å². The van der Waals surface area contributed by atoms with Crippen molar-refractivity contribution in [3.05, 3.63) is 48.0 Å². The Morgan fingerprint density at radius 1 is 1.23 bits per heavy atom. The molecule has 0 aliphatic heterocycles. The zero-order chi connectivity index (χ0) is 15.9. The molecule has 5 heteroatoms. The Hall–Kier alpha value is -2.14. The molecule has 2 atom stereocenters.